The third-order valence-corrected chi connectivity index (χ3v) is 3.24. The van der Waals surface area contributed by atoms with Crippen LogP contribution in [0.2, 0.25) is 0 Å². The summed E-state index contributed by atoms with van der Waals surface area (Å²) in [5, 5.41) is 0. The molecule has 0 aliphatic rings. The molecule has 0 radical (unpaired) electrons. The van der Waals surface area contributed by atoms with E-state index in [9.17, 15) is 0 Å². The molecule has 0 heterocycles. The summed E-state index contributed by atoms with van der Waals surface area (Å²) >= 11 is 1.79. The minimum atomic E-state index is 0.922. The number of aryl methyl sites for hydroxylation is 1. The predicted molar refractivity (Wildman–Crippen MR) is 74.7 cm³/mol. The molecule has 0 nitrogen and oxygen atoms in total. The Morgan fingerprint density at radius 2 is 2.00 bits per heavy atom. The molecule has 0 saturated carbocycles. The zero-order chi connectivity index (χ0) is 11.8. The summed E-state index contributed by atoms with van der Waals surface area (Å²) in [5.41, 5.74) is 1.30. The van der Waals surface area contributed by atoms with Crippen LogP contribution in [-0.4, -0.2) is 0 Å². The summed E-state index contributed by atoms with van der Waals surface area (Å²) in [7, 11) is 0. The predicted octanol–water partition coefficient (Wildman–Crippen LogP) is 5.12. The zero-order valence-electron chi connectivity index (χ0n) is 9.94. The van der Waals surface area contributed by atoms with Crippen molar-refractivity contribution < 1.29 is 0 Å². The van der Waals surface area contributed by atoms with Gasteiger partial charge in [-0.1, -0.05) is 53.8 Å². The first kappa shape index (κ1) is 12.9. The monoisotopic (exact) mass is 230 g/mol. The van der Waals surface area contributed by atoms with E-state index in [1.165, 1.54) is 15.4 Å². The second kappa shape index (κ2) is 7.13. The van der Waals surface area contributed by atoms with Crippen molar-refractivity contribution in [2.75, 3.05) is 0 Å². The van der Waals surface area contributed by atoms with Crippen molar-refractivity contribution in [2.24, 2.45) is 0 Å². The molecule has 0 N–H and O–H groups in total. The van der Waals surface area contributed by atoms with Gasteiger partial charge in [0.15, 0.2) is 0 Å². The van der Waals surface area contributed by atoms with Crippen LogP contribution >= 0.6 is 11.8 Å². The molecule has 1 heteroatoms. The summed E-state index contributed by atoms with van der Waals surface area (Å²) in [6.45, 7) is 7.87. The fourth-order valence-electron chi connectivity index (χ4n) is 1.21. The van der Waals surface area contributed by atoms with Crippen molar-refractivity contribution in [1.82, 2.24) is 0 Å². The second-order valence-corrected chi connectivity index (χ2v) is 4.68. The number of benzene rings is 1. The van der Waals surface area contributed by atoms with Crippen LogP contribution in [0.3, 0.4) is 0 Å². The van der Waals surface area contributed by atoms with Crippen LogP contribution in [0.15, 0.2) is 64.9 Å². The SMILES string of the molecule is C=CCC=CC(=CC)Sc1ccc(C)cc1. The van der Waals surface area contributed by atoms with Gasteiger partial charge in [-0.2, -0.15) is 0 Å². The van der Waals surface area contributed by atoms with E-state index >= 15 is 0 Å². The van der Waals surface area contributed by atoms with Gasteiger partial charge < -0.3 is 0 Å². The van der Waals surface area contributed by atoms with Crippen LogP contribution in [0.25, 0.3) is 0 Å². The van der Waals surface area contributed by atoms with E-state index < -0.39 is 0 Å². The van der Waals surface area contributed by atoms with Gasteiger partial charge in [-0.05, 0) is 32.4 Å². The average Bonchev–Trinajstić information content (AvgIpc) is 2.31. The van der Waals surface area contributed by atoms with E-state index in [0.29, 0.717) is 0 Å². The third kappa shape index (κ3) is 4.54. The Labute approximate surface area is 103 Å². The highest BCUT2D eigenvalue weighted by Gasteiger charge is 1.95. The highest BCUT2D eigenvalue weighted by molar-refractivity contribution is 8.03. The van der Waals surface area contributed by atoms with Gasteiger partial charge in [0, 0.05) is 9.80 Å². The smallest absolute Gasteiger partial charge is 0.0122 e. The Balaban J connectivity index is 2.64. The van der Waals surface area contributed by atoms with Crippen molar-refractivity contribution in [3.8, 4) is 0 Å². The third-order valence-electron chi connectivity index (χ3n) is 2.13. The van der Waals surface area contributed by atoms with Gasteiger partial charge >= 0.3 is 0 Å². The molecule has 0 aliphatic heterocycles. The van der Waals surface area contributed by atoms with Crippen molar-refractivity contribution in [1.29, 1.82) is 0 Å². The minimum absolute atomic E-state index is 0.922. The normalized spacial score (nSPS) is 12.0. The van der Waals surface area contributed by atoms with Gasteiger partial charge in [-0.25, -0.2) is 0 Å². The second-order valence-electron chi connectivity index (χ2n) is 3.53. The standard InChI is InChI=1S/C15H18S/c1-4-6-7-8-14(5-2)16-15-11-9-13(3)10-12-15/h4-5,7-12H,1,6H2,2-3H3. The number of hydrogen-bond acceptors (Lipinski definition) is 1. The highest BCUT2D eigenvalue weighted by Crippen LogP contribution is 2.27. The Morgan fingerprint density at radius 3 is 2.56 bits per heavy atom. The molecule has 1 rings (SSSR count). The average molecular weight is 230 g/mol. The van der Waals surface area contributed by atoms with Gasteiger partial charge in [0.05, 0.1) is 0 Å². The van der Waals surface area contributed by atoms with Crippen LogP contribution in [0.1, 0.15) is 18.9 Å². The van der Waals surface area contributed by atoms with Crippen LogP contribution < -0.4 is 0 Å². The first-order valence-corrected chi connectivity index (χ1v) is 6.26. The Hall–Kier alpha value is -1.21. The van der Waals surface area contributed by atoms with Crippen LogP contribution in [0.4, 0.5) is 0 Å². The molecule has 0 bridgehead atoms. The molecule has 84 valence electrons. The molecule has 0 fully saturated rings. The Kier molecular flexibility index (Phi) is 5.73. The zero-order valence-corrected chi connectivity index (χ0v) is 10.8. The van der Waals surface area contributed by atoms with Crippen LogP contribution in [-0.2, 0) is 0 Å². The molecule has 0 aliphatic carbocycles. The maximum absolute atomic E-state index is 3.70. The van der Waals surface area contributed by atoms with Gasteiger partial charge in [-0.3, -0.25) is 0 Å². The molecule has 0 amide bonds. The van der Waals surface area contributed by atoms with Crippen LogP contribution in [0, 0.1) is 6.92 Å². The van der Waals surface area contributed by atoms with E-state index in [2.05, 4.69) is 62.9 Å². The lowest BCUT2D eigenvalue weighted by molar-refractivity contribution is 1.38. The maximum Gasteiger partial charge on any atom is 0.0122 e. The van der Waals surface area contributed by atoms with Gasteiger partial charge in [0.1, 0.15) is 0 Å². The summed E-state index contributed by atoms with van der Waals surface area (Å²) in [6.07, 6.45) is 9.23. The summed E-state index contributed by atoms with van der Waals surface area (Å²) in [5.74, 6) is 0. The maximum atomic E-state index is 3.70. The van der Waals surface area contributed by atoms with Gasteiger partial charge in [-0.15, -0.1) is 6.58 Å². The number of rotatable bonds is 5. The molecule has 0 unspecified atom stereocenters. The number of thioether (sulfide) groups is 1. The van der Waals surface area contributed by atoms with Crippen molar-refractivity contribution in [2.45, 2.75) is 25.2 Å². The quantitative estimate of drug-likeness (QED) is 0.384. The molecule has 1 aromatic carbocycles. The first-order chi connectivity index (χ1) is 7.76. The fraction of sp³-hybridized carbons (Fsp3) is 0.200. The van der Waals surface area contributed by atoms with Crippen molar-refractivity contribution in [3.05, 3.63) is 65.6 Å². The molecule has 0 saturated heterocycles. The van der Waals surface area contributed by atoms with E-state index in [0.717, 1.165) is 6.42 Å². The summed E-state index contributed by atoms with van der Waals surface area (Å²) < 4.78 is 0. The van der Waals surface area contributed by atoms with E-state index in [-0.39, 0.29) is 0 Å². The van der Waals surface area contributed by atoms with E-state index in [1.807, 2.05) is 6.08 Å². The minimum Gasteiger partial charge on any atom is -0.103 e. The lowest BCUT2D eigenvalue weighted by Crippen LogP contribution is -1.75. The molecule has 0 spiro atoms. The van der Waals surface area contributed by atoms with Gasteiger partial charge in [0.2, 0.25) is 0 Å². The largest absolute Gasteiger partial charge is 0.103 e. The molecular weight excluding hydrogens is 212 g/mol. The number of hydrogen-bond donors (Lipinski definition) is 0. The molecule has 0 aromatic heterocycles. The molecular formula is C15H18S. The first-order valence-electron chi connectivity index (χ1n) is 5.44. The Morgan fingerprint density at radius 1 is 1.31 bits per heavy atom. The lowest BCUT2D eigenvalue weighted by atomic mass is 10.2. The highest BCUT2D eigenvalue weighted by atomic mass is 32.2. The van der Waals surface area contributed by atoms with Crippen molar-refractivity contribution in [3.63, 3.8) is 0 Å². The topological polar surface area (TPSA) is 0 Å². The fourth-order valence-corrected chi connectivity index (χ4v) is 2.04. The summed E-state index contributed by atoms with van der Waals surface area (Å²) in [4.78, 5) is 2.55. The van der Waals surface area contributed by atoms with E-state index in [1.54, 1.807) is 11.8 Å². The van der Waals surface area contributed by atoms with Gasteiger partial charge in [0.25, 0.3) is 0 Å². The Bertz CT molecular complexity index is 382. The van der Waals surface area contributed by atoms with Crippen LogP contribution in [0.5, 0.6) is 0 Å². The lowest BCUT2D eigenvalue weighted by Gasteiger charge is -2.02. The number of allylic oxidation sites excluding steroid dienone is 4. The molecule has 0 atom stereocenters. The molecule has 16 heavy (non-hydrogen) atoms. The summed E-state index contributed by atoms with van der Waals surface area (Å²) in [6, 6.07) is 8.60. The van der Waals surface area contributed by atoms with E-state index in [4.69, 9.17) is 0 Å². The molecule has 1 aromatic rings. The van der Waals surface area contributed by atoms with Crippen molar-refractivity contribution >= 4 is 11.8 Å².